The Bertz CT molecular complexity index is 359. The molecule has 0 fully saturated rings. The van der Waals surface area contributed by atoms with E-state index >= 15 is 0 Å². The van der Waals surface area contributed by atoms with Gasteiger partial charge in [0, 0.05) is 19.3 Å². The smallest absolute Gasteiger partial charge is 0.224 e. The SMILES string of the molecule is CC(C)CN(CC(C)C)c1nc(Cl)ncc1Br. The third kappa shape index (κ3) is 4.80. The highest BCUT2D eigenvalue weighted by atomic mass is 79.9. The Morgan fingerprint density at radius 2 is 1.76 bits per heavy atom. The van der Waals surface area contributed by atoms with Crippen LogP contribution in [0.15, 0.2) is 10.7 Å². The van der Waals surface area contributed by atoms with E-state index in [1.165, 1.54) is 0 Å². The average molecular weight is 321 g/mol. The quantitative estimate of drug-likeness (QED) is 0.768. The predicted octanol–water partition coefficient (Wildman–Crippen LogP) is 4.01. The van der Waals surface area contributed by atoms with Gasteiger partial charge >= 0.3 is 0 Å². The zero-order valence-electron chi connectivity index (χ0n) is 10.7. The predicted molar refractivity (Wildman–Crippen MR) is 76.6 cm³/mol. The molecule has 1 aromatic heterocycles. The van der Waals surface area contributed by atoms with Crippen LogP contribution in [0.25, 0.3) is 0 Å². The Morgan fingerprint density at radius 1 is 1.24 bits per heavy atom. The molecule has 0 saturated heterocycles. The summed E-state index contributed by atoms with van der Waals surface area (Å²) in [5.41, 5.74) is 0. The Morgan fingerprint density at radius 3 is 2.24 bits per heavy atom. The first-order chi connectivity index (χ1) is 7.90. The van der Waals surface area contributed by atoms with Crippen LogP contribution in [-0.2, 0) is 0 Å². The second-order valence-corrected chi connectivity index (χ2v) is 6.20. The summed E-state index contributed by atoms with van der Waals surface area (Å²) >= 11 is 9.35. The molecule has 5 heteroatoms. The normalized spacial score (nSPS) is 11.3. The molecule has 0 bridgehead atoms. The van der Waals surface area contributed by atoms with Crippen LogP contribution in [0.2, 0.25) is 5.28 Å². The second-order valence-electron chi connectivity index (χ2n) is 5.00. The Kier molecular flexibility index (Phi) is 5.67. The van der Waals surface area contributed by atoms with Crippen molar-refractivity contribution in [1.29, 1.82) is 0 Å². The molecule has 0 atom stereocenters. The molecule has 0 aliphatic heterocycles. The van der Waals surface area contributed by atoms with Crippen molar-refractivity contribution in [2.45, 2.75) is 27.7 Å². The largest absolute Gasteiger partial charge is 0.355 e. The lowest BCUT2D eigenvalue weighted by atomic mass is 10.1. The van der Waals surface area contributed by atoms with Gasteiger partial charge in [0.25, 0.3) is 0 Å². The van der Waals surface area contributed by atoms with Crippen LogP contribution in [0.4, 0.5) is 5.82 Å². The van der Waals surface area contributed by atoms with E-state index in [1.54, 1.807) is 6.20 Å². The maximum absolute atomic E-state index is 5.86. The number of nitrogens with zero attached hydrogens (tertiary/aromatic N) is 3. The molecule has 0 unspecified atom stereocenters. The van der Waals surface area contributed by atoms with E-state index in [1.807, 2.05) is 0 Å². The average Bonchev–Trinajstić information content (AvgIpc) is 2.19. The van der Waals surface area contributed by atoms with Crippen LogP contribution in [0.1, 0.15) is 27.7 Å². The van der Waals surface area contributed by atoms with Crippen molar-refractivity contribution in [3.05, 3.63) is 16.0 Å². The van der Waals surface area contributed by atoms with Gasteiger partial charge in [0.15, 0.2) is 0 Å². The van der Waals surface area contributed by atoms with Crippen LogP contribution in [-0.4, -0.2) is 23.1 Å². The lowest BCUT2D eigenvalue weighted by Gasteiger charge is -2.28. The Labute approximate surface area is 117 Å². The summed E-state index contributed by atoms with van der Waals surface area (Å²) in [6.07, 6.45) is 1.71. The van der Waals surface area contributed by atoms with Crippen LogP contribution in [0, 0.1) is 11.8 Å². The van der Waals surface area contributed by atoms with Gasteiger partial charge in [0.2, 0.25) is 5.28 Å². The van der Waals surface area contributed by atoms with E-state index in [0.29, 0.717) is 17.1 Å². The number of halogens is 2. The summed E-state index contributed by atoms with van der Waals surface area (Å²) in [6, 6.07) is 0. The standard InChI is InChI=1S/C12H19BrClN3/c1-8(2)6-17(7-9(3)4)11-10(13)5-15-12(14)16-11/h5,8-9H,6-7H2,1-4H3. The van der Waals surface area contributed by atoms with Gasteiger partial charge in [-0.25, -0.2) is 4.98 Å². The van der Waals surface area contributed by atoms with Gasteiger partial charge in [-0.15, -0.1) is 0 Å². The molecule has 1 aromatic rings. The monoisotopic (exact) mass is 319 g/mol. The van der Waals surface area contributed by atoms with Gasteiger partial charge in [-0.3, -0.25) is 0 Å². The molecule has 0 aliphatic rings. The van der Waals surface area contributed by atoms with Crippen molar-refractivity contribution in [2.24, 2.45) is 11.8 Å². The lowest BCUT2D eigenvalue weighted by molar-refractivity contribution is 0.548. The van der Waals surface area contributed by atoms with Gasteiger partial charge < -0.3 is 4.90 Å². The number of hydrogen-bond acceptors (Lipinski definition) is 3. The summed E-state index contributed by atoms with van der Waals surface area (Å²) in [4.78, 5) is 10.5. The fourth-order valence-corrected chi connectivity index (χ4v) is 2.26. The van der Waals surface area contributed by atoms with Crippen molar-refractivity contribution in [1.82, 2.24) is 9.97 Å². The van der Waals surface area contributed by atoms with E-state index < -0.39 is 0 Å². The minimum atomic E-state index is 0.292. The summed E-state index contributed by atoms with van der Waals surface area (Å²) in [5, 5.41) is 0.292. The van der Waals surface area contributed by atoms with E-state index in [0.717, 1.165) is 23.4 Å². The second kappa shape index (κ2) is 6.55. The van der Waals surface area contributed by atoms with Crippen molar-refractivity contribution in [3.8, 4) is 0 Å². The first-order valence-corrected chi connectivity index (χ1v) is 7.00. The van der Waals surface area contributed by atoms with Crippen molar-refractivity contribution in [3.63, 3.8) is 0 Å². The molecule has 0 N–H and O–H groups in total. The number of anilines is 1. The van der Waals surface area contributed by atoms with E-state index in [9.17, 15) is 0 Å². The van der Waals surface area contributed by atoms with Crippen LogP contribution >= 0.6 is 27.5 Å². The van der Waals surface area contributed by atoms with Crippen LogP contribution in [0.3, 0.4) is 0 Å². The summed E-state index contributed by atoms with van der Waals surface area (Å²) in [7, 11) is 0. The molecule has 0 amide bonds. The van der Waals surface area contributed by atoms with Crippen LogP contribution < -0.4 is 4.90 Å². The fraction of sp³-hybridized carbons (Fsp3) is 0.667. The molecule has 96 valence electrons. The summed E-state index contributed by atoms with van der Waals surface area (Å²) < 4.78 is 0.892. The zero-order valence-corrected chi connectivity index (χ0v) is 13.1. The van der Waals surface area contributed by atoms with E-state index in [4.69, 9.17) is 11.6 Å². The van der Waals surface area contributed by atoms with Crippen molar-refractivity contribution < 1.29 is 0 Å². The molecule has 0 radical (unpaired) electrons. The molecule has 0 spiro atoms. The minimum Gasteiger partial charge on any atom is -0.355 e. The van der Waals surface area contributed by atoms with Gasteiger partial charge in [-0.1, -0.05) is 27.7 Å². The van der Waals surface area contributed by atoms with E-state index in [-0.39, 0.29) is 0 Å². The number of aromatic nitrogens is 2. The maximum atomic E-state index is 5.86. The molecule has 0 saturated carbocycles. The molecular formula is C12H19BrClN3. The lowest BCUT2D eigenvalue weighted by Crippen LogP contribution is -2.32. The molecule has 1 heterocycles. The topological polar surface area (TPSA) is 29.0 Å². The third-order valence-corrected chi connectivity index (χ3v) is 2.91. The first kappa shape index (κ1) is 14.7. The highest BCUT2D eigenvalue weighted by Crippen LogP contribution is 2.25. The minimum absolute atomic E-state index is 0.292. The van der Waals surface area contributed by atoms with Gasteiger partial charge in [0.1, 0.15) is 5.82 Å². The van der Waals surface area contributed by atoms with Gasteiger partial charge in [0.05, 0.1) is 4.47 Å². The Balaban J connectivity index is 2.98. The van der Waals surface area contributed by atoms with Gasteiger partial charge in [-0.2, -0.15) is 4.98 Å². The summed E-state index contributed by atoms with van der Waals surface area (Å²) in [5.74, 6) is 2.04. The Hall–Kier alpha value is -0.350. The maximum Gasteiger partial charge on any atom is 0.224 e. The van der Waals surface area contributed by atoms with Crippen LogP contribution in [0.5, 0.6) is 0 Å². The number of rotatable bonds is 5. The molecule has 0 aromatic carbocycles. The molecule has 17 heavy (non-hydrogen) atoms. The van der Waals surface area contributed by atoms with Gasteiger partial charge in [-0.05, 0) is 39.4 Å². The molecule has 1 rings (SSSR count). The molecule has 0 aliphatic carbocycles. The van der Waals surface area contributed by atoms with E-state index in [2.05, 4.69) is 58.5 Å². The molecular weight excluding hydrogens is 302 g/mol. The highest BCUT2D eigenvalue weighted by Gasteiger charge is 2.15. The summed E-state index contributed by atoms with van der Waals surface area (Å²) in [6.45, 7) is 10.7. The highest BCUT2D eigenvalue weighted by molar-refractivity contribution is 9.10. The molecule has 3 nitrogen and oxygen atoms in total. The third-order valence-electron chi connectivity index (χ3n) is 2.17. The van der Waals surface area contributed by atoms with Crippen molar-refractivity contribution in [2.75, 3.05) is 18.0 Å². The fourth-order valence-electron chi connectivity index (χ4n) is 1.69. The first-order valence-electron chi connectivity index (χ1n) is 5.83. The van der Waals surface area contributed by atoms with Crippen molar-refractivity contribution >= 4 is 33.3 Å². The number of hydrogen-bond donors (Lipinski definition) is 0. The zero-order chi connectivity index (χ0) is 13.0.